The third-order valence-electron chi connectivity index (χ3n) is 4.90. The van der Waals surface area contributed by atoms with E-state index in [-0.39, 0.29) is 11.2 Å². The Labute approximate surface area is 146 Å². The molecule has 1 heterocycles. The molecule has 0 amide bonds. The van der Waals surface area contributed by atoms with E-state index in [0.717, 1.165) is 39.0 Å². The second-order valence-corrected chi connectivity index (χ2v) is 7.91. The van der Waals surface area contributed by atoms with Crippen LogP contribution in [0.1, 0.15) is 52.5 Å². The molecule has 1 saturated heterocycles. The van der Waals surface area contributed by atoms with Crippen LogP contribution in [-0.2, 0) is 10.2 Å². The van der Waals surface area contributed by atoms with Gasteiger partial charge in [-0.3, -0.25) is 0 Å². The zero-order chi connectivity index (χ0) is 17.6. The molecule has 0 aliphatic carbocycles. The molecule has 1 aromatic rings. The number of halogens is 1. The van der Waals surface area contributed by atoms with E-state index in [1.165, 1.54) is 11.1 Å². The summed E-state index contributed by atoms with van der Waals surface area (Å²) in [7, 11) is 0. The van der Waals surface area contributed by atoms with Crippen LogP contribution in [0, 0.1) is 11.7 Å². The van der Waals surface area contributed by atoms with Crippen LogP contribution in [0.15, 0.2) is 35.9 Å². The first-order valence-corrected chi connectivity index (χ1v) is 9.09. The lowest BCUT2D eigenvalue weighted by Gasteiger charge is -2.31. The summed E-state index contributed by atoms with van der Waals surface area (Å²) in [5.41, 5.74) is 2.51. The van der Waals surface area contributed by atoms with Crippen LogP contribution in [-0.4, -0.2) is 25.8 Å². The fourth-order valence-electron chi connectivity index (χ4n) is 3.43. The standard InChI is InChI=1S/C21H32FNO/c1-16(2)13-20(23-15-17-9-11-24-12-10-17)14-21(3,4)18-5-7-19(22)8-6-18/h5-8,13,17,20,23H,9-12,14-15H2,1-4H3. The van der Waals surface area contributed by atoms with Gasteiger partial charge in [-0.25, -0.2) is 4.39 Å². The minimum Gasteiger partial charge on any atom is -0.381 e. The van der Waals surface area contributed by atoms with Crippen LogP contribution in [0.2, 0.25) is 0 Å². The van der Waals surface area contributed by atoms with Crippen molar-refractivity contribution < 1.29 is 9.13 Å². The van der Waals surface area contributed by atoms with Gasteiger partial charge >= 0.3 is 0 Å². The molecule has 2 rings (SSSR count). The third kappa shape index (κ3) is 6.03. The van der Waals surface area contributed by atoms with E-state index < -0.39 is 0 Å². The summed E-state index contributed by atoms with van der Waals surface area (Å²) in [4.78, 5) is 0. The normalized spacial score (nSPS) is 17.5. The Morgan fingerprint density at radius 3 is 2.46 bits per heavy atom. The molecular weight excluding hydrogens is 301 g/mol. The van der Waals surface area contributed by atoms with Gasteiger partial charge in [0.2, 0.25) is 0 Å². The van der Waals surface area contributed by atoms with Crippen LogP contribution in [0.4, 0.5) is 4.39 Å². The Morgan fingerprint density at radius 2 is 1.88 bits per heavy atom. The first kappa shape index (κ1) is 19.1. The molecule has 1 aliphatic rings. The highest BCUT2D eigenvalue weighted by molar-refractivity contribution is 5.25. The first-order chi connectivity index (χ1) is 11.4. The summed E-state index contributed by atoms with van der Waals surface area (Å²) in [6.07, 6.45) is 5.61. The smallest absolute Gasteiger partial charge is 0.123 e. The fourth-order valence-corrected chi connectivity index (χ4v) is 3.43. The summed E-state index contributed by atoms with van der Waals surface area (Å²) < 4.78 is 18.7. The first-order valence-electron chi connectivity index (χ1n) is 9.09. The molecule has 0 bridgehead atoms. The summed E-state index contributed by atoms with van der Waals surface area (Å²) >= 11 is 0. The number of nitrogens with one attached hydrogen (secondary N) is 1. The molecular formula is C21H32FNO. The van der Waals surface area contributed by atoms with Crippen molar-refractivity contribution in [1.29, 1.82) is 0 Å². The highest BCUT2D eigenvalue weighted by atomic mass is 19.1. The number of rotatable bonds is 7. The van der Waals surface area contributed by atoms with Crippen molar-refractivity contribution in [3.05, 3.63) is 47.3 Å². The van der Waals surface area contributed by atoms with Gasteiger partial charge in [-0.2, -0.15) is 0 Å². The van der Waals surface area contributed by atoms with Gasteiger partial charge in [0.05, 0.1) is 0 Å². The molecule has 1 N–H and O–H groups in total. The maximum Gasteiger partial charge on any atom is 0.123 e. The predicted molar refractivity (Wildman–Crippen MR) is 98.8 cm³/mol. The van der Waals surface area contributed by atoms with Crippen molar-refractivity contribution in [2.45, 2.75) is 58.4 Å². The quantitative estimate of drug-likeness (QED) is 0.721. The molecule has 1 aromatic carbocycles. The van der Waals surface area contributed by atoms with Crippen molar-refractivity contribution in [1.82, 2.24) is 5.32 Å². The van der Waals surface area contributed by atoms with E-state index in [1.807, 2.05) is 12.1 Å². The zero-order valence-electron chi connectivity index (χ0n) is 15.6. The molecule has 2 nitrogen and oxygen atoms in total. The van der Waals surface area contributed by atoms with Crippen molar-refractivity contribution >= 4 is 0 Å². The number of ether oxygens (including phenoxy) is 1. The lowest BCUT2D eigenvalue weighted by atomic mass is 9.78. The maximum atomic E-state index is 13.2. The fraction of sp³-hybridized carbons (Fsp3) is 0.619. The number of allylic oxidation sites excluding steroid dienone is 1. The Balaban J connectivity index is 2.01. The Bertz CT molecular complexity index is 525. The minimum atomic E-state index is -0.173. The van der Waals surface area contributed by atoms with E-state index >= 15 is 0 Å². The molecule has 134 valence electrons. The summed E-state index contributed by atoms with van der Waals surface area (Å²) in [5.74, 6) is 0.536. The van der Waals surface area contributed by atoms with Gasteiger partial charge < -0.3 is 10.1 Å². The second kappa shape index (κ2) is 8.77. The lowest BCUT2D eigenvalue weighted by Crippen LogP contribution is -2.38. The average molecular weight is 333 g/mol. The number of hydrogen-bond acceptors (Lipinski definition) is 2. The van der Waals surface area contributed by atoms with Gasteiger partial charge in [0, 0.05) is 19.3 Å². The van der Waals surface area contributed by atoms with Crippen LogP contribution in [0.3, 0.4) is 0 Å². The monoisotopic (exact) mass is 333 g/mol. The zero-order valence-corrected chi connectivity index (χ0v) is 15.6. The largest absolute Gasteiger partial charge is 0.381 e. The van der Waals surface area contributed by atoms with Crippen LogP contribution >= 0.6 is 0 Å². The number of hydrogen-bond donors (Lipinski definition) is 1. The summed E-state index contributed by atoms with van der Waals surface area (Å²) in [6.45, 7) is 11.6. The molecule has 0 saturated carbocycles. The van der Waals surface area contributed by atoms with E-state index in [4.69, 9.17) is 4.74 Å². The molecule has 3 heteroatoms. The molecule has 1 unspecified atom stereocenters. The summed E-state index contributed by atoms with van der Waals surface area (Å²) in [6, 6.07) is 7.27. The van der Waals surface area contributed by atoms with E-state index in [2.05, 4.69) is 39.1 Å². The molecule has 0 aromatic heterocycles. The maximum absolute atomic E-state index is 13.2. The van der Waals surface area contributed by atoms with Crippen molar-refractivity contribution in [2.24, 2.45) is 5.92 Å². The van der Waals surface area contributed by atoms with Crippen molar-refractivity contribution in [3.8, 4) is 0 Å². The van der Waals surface area contributed by atoms with Crippen molar-refractivity contribution in [3.63, 3.8) is 0 Å². The minimum absolute atomic E-state index is 0.00695. The van der Waals surface area contributed by atoms with Gasteiger partial charge in [0.25, 0.3) is 0 Å². The summed E-state index contributed by atoms with van der Waals surface area (Å²) in [5, 5.41) is 3.75. The Morgan fingerprint density at radius 1 is 1.25 bits per heavy atom. The molecule has 1 atom stereocenters. The van der Waals surface area contributed by atoms with Crippen LogP contribution in [0.25, 0.3) is 0 Å². The van der Waals surface area contributed by atoms with Crippen molar-refractivity contribution in [2.75, 3.05) is 19.8 Å². The average Bonchev–Trinajstić information content (AvgIpc) is 2.53. The lowest BCUT2D eigenvalue weighted by molar-refractivity contribution is 0.0656. The van der Waals surface area contributed by atoms with E-state index in [0.29, 0.717) is 12.0 Å². The number of benzene rings is 1. The predicted octanol–water partition coefficient (Wildman–Crippen LogP) is 4.84. The van der Waals surface area contributed by atoms with E-state index in [9.17, 15) is 4.39 Å². The second-order valence-electron chi connectivity index (χ2n) is 7.91. The Kier molecular flexibility index (Phi) is 7.00. The van der Waals surface area contributed by atoms with Gasteiger partial charge in [0.15, 0.2) is 0 Å². The molecule has 24 heavy (non-hydrogen) atoms. The van der Waals surface area contributed by atoms with Gasteiger partial charge in [-0.15, -0.1) is 0 Å². The SMILES string of the molecule is CC(C)=CC(CC(C)(C)c1ccc(F)cc1)NCC1CCOCC1. The molecule has 1 aliphatic heterocycles. The highest BCUT2D eigenvalue weighted by Gasteiger charge is 2.25. The van der Waals surface area contributed by atoms with Crippen LogP contribution < -0.4 is 5.32 Å². The Hall–Kier alpha value is -1.19. The van der Waals surface area contributed by atoms with Gasteiger partial charge in [-0.05, 0) is 68.7 Å². The molecule has 1 fully saturated rings. The molecule has 0 radical (unpaired) electrons. The van der Waals surface area contributed by atoms with Gasteiger partial charge in [-0.1, -0.05) is 37.6 Å². The topological polar surface area (TPSA) is 21.3 Å². The van der Waals surface area contributed by atoms with E-state index in [1.54, 1.807) is 12.1 Å². The van der Waals surface area contributed by atoms with Crippen LogP contribution in [0.5, 0.6) is 0 Å². The van der Waals surface area contributed by atoms with Gasteiger partial charge in [0.1, 0.15) is 5.82 Å². The third-order valence-corrected chi connectivity index (χ3v) is 4.90. The highest BCUT2D eigenvalue weighted by Crippen LogP contribution is 2.29. The molecule has 0 spiro atoms.